The number of methoxy groups -OCH3 is 1. The van der Waals surface area contributed by atoms with Crippen LogP contribution in [0.2, 0.25) is 0 Å². The molecule has 1 saturated heterocycles. The fourth-order valence-corrected chi connectivity index (χ4v) is 5.53. The molecule has 1 fully saturated rings. The number of carbonyl (C=O) groups is 1. The number of sulfonamides is 1. The van der Waals surface area contributed by atoms with E-state index >= 15 is 0 Å². The Balaban J connectivity index is 1.55. The molecule has 1 N–H and O–H groups in total. The molecule has 3 rings (SSSR count). The molecular formula is C23H30N2O4S. The van der Waals surface area contributed by atoms with Crippen molar-refractivity contribution in [2.24, 2.45) is 11.8 Å². The van der Waals surface area contributed by atoms with E-state index < -0.39 is 10.0 Å². The highest BCUT2D eigenvalue weighted by Gasteiger charge is 2.35. The summed E-state index contributed by atoms with van der Waals surface area (Å²) in [6.45, 7) is 3.45. The highest BCUT2D eigenvalue weighted by molar-refractivity contribution is 7.89. The molecule has 1 aliphatic heterocycles. The number of piperidine rings is 1. The number of nitrogens with one attached hydrogen (secondary N) is 1. The molecule has 0 bridgehead atoms. The van der Waals surface area contributed by atoms with E-state index in [1.807, 2.05) is 30.3 Å². The monoisotopic (exact) mass is 430 g/mol. The van der Waals surface area contributed by atoms with Gasteiger partial charge in [0.25, 0.3) is 0 Å². The van der Waals surface area contributed by atoms with Crippen molar-refractivity contribution in [3.8, 4) is 5.75 Å². The summed E-state index contributed by atoms with van der Waals surface area (Å²) in [4.78, 5) is 12.8. The van der Waals surface area contributed by atoms with Gasteiger partial charge >= 0.3 is 0 Å². The molecule has 1 heterocycles. The van der Waals surface area contributed by atoms with E-state index in [1.54, 1.807) is 35.7 Å². The Hall–Kier alpha value is -2.38. The number of hydrogen-bond donors (Lipinski definition) is 1. The van der Waals surface area contributed by atoms with Gasteiger partial charge in [-0.25, -0.2) is 8.42 Å². The van der Waals surface area contributed by atoms with Gasteiger partial charge in [0.05, 0.1) is 12.0 Å². The van der Waals surface area contributed by atoms with E-state index in [4.69, 9.17) is 4.74 Å². The van der Waals surface area contributed by atoms with Crippen LogP contribution in [0.3, 0.4) is 0 Å². The van der Waals surface area contributed by atoms with Crippen LogP contribution in [0.1, 0.15) is 31.7 Å². The molecule has 0 radical (unpaired) electrons. The van der Waals surface area contributed by atoms with Crippen molar-refractivity contribution in [2.75, 3.05) is 20.2 Å². The van der Waals surface area contributed by atoms with Crippen molar-refractivity contribution in [1.82, 2.24) is 9.62 Å². The normalized spacial score (nSPS) is 19.9. The maximum Gasteiger partial charge on any atom is 0.243 e. The third kappa shape index (κ3) is 5.40. The first-order chi connectivity index (χ1) is 14.4. The van der Waals surface area contributed by atoms with E-state index in [1.165, 1.54) is 0 Å². The van der Waals surface area contributed by atoms with Crippen LogP contribution >= 0.6 is 0 Å². The van der Waals surface area contributed by atoms with Crippen molar-refractivity contribution < 1.29 is 17.9 Å². The largest absolute Gasteiger partial charge is 0.497 e. The Kier molecular flexibility index (Phi) is 7.50. The van der Waals surface area contributed by atoms with Crippen LogP contribution in [0, 0.1) is 11.8 Å². The Morgan fingerprint density at radius 3 is 2.43 bits per heavy atom. The Morgan fingerprint density at radius 1 is 1.10 bits per heavy atom. The van der Waals surface area contributed by atoms with Gasteiger partial charge < -0.3 is 10.1 Å². The standard InChI is InChI=1S/C23H30N2O4S/c1-3-19-17-25(30(27,28)22-7-5-4-6-8-22)14-13-20(19)15-23(26)24-16-18-9-11-21(29-2)12-10-18/h4-12,19-20H,3,13-17H2,1-2H3,(H,24,26)/t19-,20-/m0/s1. The smallest absolute Gasteiger partial charge is 0.243 e. The van der Waals surface area contributed by atoms with Gasteiger partial charge in [-0.3, -0.25) is 4.79 Å². The zero-order chi connectivity index (χ0) is 21.6. The van der Waals surface area contributed by atoms with Crippen molar-refractivity contribution in [2.45, 2.75) is 37.6 Å². The average Bonchev–Trinajstić information content (AvgIpc) is 2.78. The topological polar surface area (TPSA) is 75.7 Å². The van der Waals surface area contributed by atoms with Crippen LogP contribution in [0.15, 0.2) is 59.5 Å². The van der Waals surface area contributed by atoms with Gasteiger partial charge in [-0.15, -0.1) is 0 Å². The van der Waals surface area contributed by atoms with Crippen molar-refractivity contribution in [1.29, 1.82) is 0 Å². The minimum absolute atomic E-state index is 0.00799. The predicted octanol–water partition coefficient (Wildman–Crippen LogP) is 3.44. The summed E-state index contributed by atoms with van der Waals surface area (Å²) < 4.78 is 32.6. The molecule has 162 valence electrons. The fourth-order valence-electron chi connectivity index (χ4n) is 3.99. The van der Waals surface area contributed by atoms with Crippen LogP contribution in [0.25, 0.3) is 0 Å². The molecule has 1 amide bonds. The zero-order valence-corrected chi connectivity index (χ0v) is 18.4. The highest BCUT2D eigenvalue weighted by atomic mass is 32.2. The van der Waals surface area contributed by atoms with Crippen LogP contribution in [-0.2, 0) is 21.4 Å². The van der Waals surface area contributed by atoms with Crippen LogP contribution < -0.4 is 10.1 Å². The van der Waals surface area contributed by atoms with Gasteiger partial charge in [0.2, 0.25) is 15.9 Å². The summed E-state index contributed by atoms with van der Waals surface area (Å²) in [5.74, 6) is 1.15. The number of amides is 1. The third-order valence-electron chi connectivity index (χ3n) is 5.86. The summed E-state index contributed by atoms with van der Waals surface area (Å²) in [6, 6.07) is 16.2. The number of carbonyl (C=O) groups excluding carboxylic acids is 1. The van der Waals surface area contributed by atoms with Gasteiger partial charge in [0.15, 0.2) is 0 Å². The predicted molar refractivity (Wildman–Crippen MR) is 117 cm³/mol. The quantitative estimate of drug-likeness (QED) is 0.696. The lowest BCUT2D eigenvalue weighted by Gasteiger charge is -2.37. The first-order valence-electron chi connectivity index (χ1n) is 10.4. The van der Waals surface area contributed by atoms with Gasteiger partial charge in [0.1, 0.15) is 5.75 Å². The SMILES string of the molecule is CC[C@H]1CN(S(=O)(=O)c2ccccc2)CC[C@H]1CC(=O)NCc1ccc(OC)cc1. The minimum atomic E-state index is -3.49. The zero-order valence-electron chi connectivity index (χ0n) is 17.6. The van der Waals surface area contributed by atoms with E-state index in [2.05, 4.69) is 12.2 Å². The van der Waals surface area contributed by atoms with Crippen molar-refractivity contribution in [3.63, 3.8) is 0 Å². The van der Waals surface area contributed by atoms with Gasteiger partial charge in [-0.1, -0.05) is 43.7 Å². The molecule has 2 aromatic carbocycles. The van der Waals surface area contributed by atoms with E-state index in [0.29, 0.717) is 37.4 Å². The molecule has 0 saturated carbocycles. The summed E-state index contributed by atoms with van der Waals surface area (Å²) in [5.41, 5.74) is 1.01. The Morgan fingerprint density at radius 2 is 1.80 bits per heavy atom. The average molecular weight is 431 g/mol. The van der Waals surface area contributed by atoms with E-state index in [9.17, 15) is 13.2 Å². The van der Waals surface area contributed by atoms with Crippen LogP contribution in [0.5, 0.6) is 5.75 Å². The lowest BCUT2D eigenvalue weighted by molar-refractivity contribution is -0.122. The molecule has 1 aliphatic rings. The second-order valence-corrected chi connectivity index (χ2v) is 9.66. The third-order valence-corrected chi connectivity index (χ3v) is 7.74. The van der Waals surface area contributed by atoms with Crippen LogP contribution in [-0.4, -0.2) is 38.8 Å². The molecule has 2 atom stereocenters. The Labute approximate surface area is 179 Å². The fraction of sp³-hybridized carbons (Fsp3) is 0.435. The molecule has 0 aromatic heterocycles. The molecule has 30 heavy (non-hydrogen) atoms. The summed E-state index contributed by atoms with van der Waals surface area (Å²) in [7, 11) is -1.86. The number of benzene rings is 2. The van der Waals surface area contributed by atoms with Gasteiger partial charge in [-0.05, 0) is 48.1 Å². The second-order valence-electron chi connectivity index (χ2n) is 7.72. The van der Waals surface area contributed by atoms with Crippen molar-refractivity contribution in [3.05, 3.63) is 60.2 Å². The number of ether oxygens (including phenoxy) is 1. The Bertz CT molecular complexity index is 929. The number of rotatable bonds is 8. The van der Waals surface area contributed by atoms with Gasteiger partial charge in [-0.2, -0.15) is 4.31 Å². The molecule has 0 aliphatic carbocycles. The summed E-state index contributed by atoms with van der Waals surface area (Å²) in [5, 5.41) is 2.98. The lowest BCUT2D eigenvalue weighted by Crippen LogP contribution is -2.44. The molecule has 6 nitrogen and oxygen atoms in total. The first-order valence-corrected chi connectivity index (χ1v) is 11.8. The summed E-state index contributed by atoms with van der Waals surface area (Å²) >= 11 is 0. The maximum atomic E-state index is 12.9. The number of hydrogen-bond acceptors (Lipinski definition) is 4. The van der Waals surface area contributed by atoms with E-state index in [0.717, 1.165) is 17.7 Å². The molecular weight excluding hydrogens is 400 g/mol. The summed E-state index contributed by atoms with van der Waals surface area (Å²) in [6.07, 6.45) is 1.96. The second kappa shape index (κ2) is 10.1. The first kappa shape index (κ1) is 22.3. The number of nitrogens with zero attached hydrogens (tertiary/aromatic N) is 1. The van der Waals surface area contributed by atoms with E-state index in [-0.39, 0.29) is 17.7 Å². The molecule has 2 aromatic rings. The molecule has 0 unspecified atom stereocenters. The maximum absolute atomic E-state index is 12.9. The molecule has 0 spiro atoms. The lowest BCUT2D eigenvalue weighted by atomic mass is 9.82. The van der Waals surface area contributed by atoms with Gasteiger partial charge in [0, 0.05) is 26.1 Å². The van der Waals surface area contributed by atoms with Crippen LogP contribution in [0.4, 0.5) is 0 Å². The minimum Gasteiger partial charge on any atom is -0.497 e. The highest BCUT2D eigenvalue weighted by Crippen LogP contribution is 2.32. The van der Waals surface area contributed by atoms with Crippen molar-refractivity contribution >= 4 is 15.9 Å². The molecule has 7 heteroatoms.